The summed E-state index contributed by atoms with van der Waals surface area (Å²) in [7, 11) is 1.66. The maximum absolute atomic E-state index is 13.6. The number of carbonyl (C=O) groups is 1. The lowest BCUT2D eigenvalue weighted by Crippen LogP contribution is -2.51. The van der Waals surface area contributed by atoms with Crippen LogP contribution >= 0.6 is 0 Å². The molecule has 2 aromatic carbocycles. The fraction of sp³-hybridized carbons (Fsp3) is 0.462. The van der Waals surface area contributed by atoms with Crippen LogP contribution in [-0.4, -0.2) is 56.3 Å². The summed E-state index contributed by atoms with van der Waals surface area (Å²) in [6.07, 6.45) is 2.81. The van der Waals surface area contributed by atoms with Crippen molar-refractivity contribution in [1.29, 1.82) is 5.26 Å². The fourth-order valence-corrected chi connectivity index (χ4v) is 4.24. The molecule has 1 aliphatic heterocycles. The van der Waals surface area contributed by atoms with Gasteiger partial charge in [-0.2, -0.15) is 5.26 Å². The third kappa shape index (κ3) is 5.67. The number of nitrogens with zero attached hydrogens (tertiary/aromatic N) is 2. The average molecular weight is 436 g/mol. The molecule has 0 bridgehead atoms. The highest BCUT2D eigenvalue weighted by atomic mass is 16.5. The molecule has 0 saturated carbocycles. The first-order valence-corrected chi connectivity index (χ1v) is 11.4. The van der Waals surface area contributed by atoms with E-state index in [2.05, 4.69) is 25.2 Å². The van der Waals surface area contributed by atoms with Gasteiger partial charge in [0.2, 0.25) is 0 Å². The summed E-state index contributed by atoms with van der Waals surface area (Å²) in [5.41, 5.74) is 2.79. The highest BCUT2D eigenvalue weighted by molar-refractivity contribution is 5.96. The number of amides is 1. The van der Waals surface area contributed by atoms with E-state index in [0.717, 1.165) is 43.5 Å². The molecule has 0 aliphatic carbocycles. The number of rotatable bonds is 9. The first-order chi connectivity index (χ1) is 15.6. The molecule has 1 fully saturated rings. The van der Waals surface area contributed by atoms with Crippen molar-refractivity contribution in [2.24, 2.45) is 0 Å². The second-order valence-electron chi connectivity index (χ2n) is 8.37. The van der Waals surface area contributed by atoms with Gasteiger partial charge in [0.1, 0.15) is 5.75 Å². The highest BCUT2D eigenvalue weighted by Crippen LogP contribution is 2.34. The number of carbonyl (C=O) groups excluding carboxylic acids is 1. The van der Waals surface area contributed by atoms with Gasteiger partial charge in [0.05, 0.1) is 18.2 Å². The monoisotopic (exact) mass is 435 g/mol. The molecule has 0 aromatic heterocycles. The third-order valence-electron chi connectivity index (χ3n) is 5.77. The largest absolute Gasteiger partial charge is 0.493 e. The molecule has 6 nitrogen and oxygen atoms in total. The van der Waals surface area contributed by atoms with Gasteiger partial charge in [-0.1, -0.05) is 18.2 Å². The Hall–Kier alpha value is -2.88. The zero-order valence-corrected chi connectivity index (χ0v) is 19.3. The predicted octanol–water partition coefficient (Wildman–Crippen LogP) is 4.24. The quantitative estimate of drug-likeness (QED) is 0.596. The zero-order valence-electron chi connectivity index (χ0n) is 19.3. The Morgan fingerprint density at radius 2 is 2.03 bits per heavy atom. The lowest BCUT2D eigenvalue weighted by Gasteiger charge is -2.37. The molecule has 2 aromatic rings. The van der Waals surface area contributed by atoms with Gasteiger partial charge in [0.15, 0.2) is 0 Å². The smallest absolute Gasteiger partial charge is 0.254 e. The van der Waals surface area contributed by atoms with Crippen LogP contribution in [0.4, 0.5) is 0 Å². The van der Waals surface area contributed by atoms with Crippen molar-refractivity contribution in [3.8, 4) is 22.9 Å². The topological polar surface area (TPSA) is 74.6 Å². The Labute approximate surface area is 191 Å². The standard InChI is InChI=1S/C26H33N3O3/c1-19(2)29(22-9-6-13-28-18-22)26(30)20-11-12-24(23-10-5-4-8-21(23)17-27)25(16-20)32-15-7-14-31-3/h4-5,8,10-12,16,19,22,28H,6-7,9,13-15,18H2,1-3H3. The molecule has 1 heterocycles. The molecule has 1 amide bonds. The minimum atomic E-state index is 0.00978. The summed E-state index contributed by atoms with van der Waals surface area (Å²) in [6, 6.07) is 15.5. The van der Waals surface area contributed by atoms with Crippen LogP contribution in [0.25, 0.3) is 11.1 Å². The third-order valence-corrected chi connectivity index (χ3v) is 5.77. The second kappa shape index (κ2) is 11.7. The number of ether oxygens (including phenoxy) is 2. The van der Waals surface area contributed by atoms with E-state index < -0.39 is 0 Å². The molecule has 170 valence electrons. The van der Waals surface area contributed by atoms with Crippen LogP contribution < -0.4 is 10.1 Å². The molecule has 1 atom stereocenters. The van der Waals surface area contributed by atoms with Crippen molar-refractivity contribution in [2.75, 3.05) is 33.4 Å². The van der Waals surface area contributed by atoms with E-state index >= 15 is 0 Å². The number of hydrogen-bond acceptors (Lipinski definition) is 5. The van der Waals surface area contributed by atoms with Crippen molar-refractivity contribution >= 4 is 5.91 Å². The molecule has 1 N–H and O–H groups in total. The van der Waals surface area contributed by atoms with E-state index in [9.17, 15) is 10.1 Å². The molecule has 3 rings (SSSR count). The number of hydrogen-bond donors (Lipinski definition) is 1. The van der Waals surface area contributed by atoms with Crippen LogP contribution in [-0.2, 0) is 4.74 Å². The van der Waals surface area contributed by atoms with Gasteiger partial charge in [0, 0.05) is 55.5 Å². The summed E-state index contributed by atoms with van der Waals surface area (Å²) in [5, 5.41) is 13.0. The zero-order chi connectivity index (χ0) is 22.9. The van der Waals surface area contributed by atoms with Crippen LogP contribution in [0, 0.1) is 11.3 Å². The Morgan fingerprint density at radius 1 is 1.22 bits per heavy atom. The Morgan fingerprint density at radius 3 is 2.72 bits per heavy atom. The minimum absolute atomic E-state index is 0.00978. The van der Waals surface area contributed by atoms with E-state index in [4.69, 9.17) is 9.47 Å². The molecule has 32 heavy (non-hydrogen) atoms. The summed E-state index contributed by atoms with van der Waals surface area (Å²) in [5.74, 6) is 0.621. The maximum atomic E-state index is 13.6. The van der Waals surface area contributed by atoms with Crippen LogP contribution in [0.1, 0.15) is 49.0 Å². The molecule has 1 aliphatic rings. The fourth-order valence-electron chi connectivity index (χ4n) is 4.24. The lowest BCUT2D eigenvalue weighted by molar-refractivity contribution is 0.0573. The van der Waals surface area contributed by atoms with E-state index in [1.807, 2.05) is 41.3 Å². The van der Waals surface area contributed by atoms with E-state index in [-0.39, 0.29) is 18.0 Å². The van der Waals surface area contributed by atoms with Crippen molar-refractivity contribution < 1.29 is 14.3 Å². The minimum Gasteiger partial charge on any atom is -0.493 e. The van der Waals surface area contributed by atoms with Gasteiger partial charge in [0.25, 0.3) is 5.91 Å². The molecule has 1 saturated heterocycles. The van der Waals surface area contributed by atoms with Crippen LogP contribution in [0.15, 0.2) is 42.5 Å². The molecule has 0 spiro atoms. The van der Waals surface area contributed by atoms with Crippen molar-refractivity contribution in [1.82, 2.24) is 10.2 Å². The number of methoxy groups -OCH3 is 1. The first-order valence-electron chi connectivity index (χ1n) is 11.4. The van der Waals surface area contributed by atoms with Gasteiger partial charge in [-0.25, -0.2) is 0 Å². The van der Waals surface area contributed by atoms with E-state index in [1.165, 1.54) is 0 Å². The summed E-state index contributed by atoms with van der Waals surface area (Å²) in [4.78, 5) is 15.5. The van der Waals surface area contributed by atoms with Gasteiger partial charge in [-0.15, -0.1) is 0 Å². The van der Waals surface area contributed by atoms with Gasteiger partial charge >= 0.3 is 0 Å². The first kappa shape index (κ1) is 23.8. The van der Waals surface area contributed by atoms with Crippen molar-refractivity contribution in [3.63, 3.8) is 0 Å². The van der Waals surface area contributed by atoms with Gasteiger partial charge in [-0.3, -0.25) is 4.79 Å². The number of benzene rings is 2. The Bertz CT molecular complexity index is 946. The van der Waals surface area contributed by atoms with Crippen molar-refractivity contribution in [2.45, 2.75) is 45.2 Å². The Kier molecular flexibility index (Phi) is 8.66. The molecular weight excluding hydrogens is 402 g/mol. The summed E-state index contributed by atoms with van der Waals surface area (Å²) < 4.78 is 11.2. The molecule has 0 radical (unpaired) electrons. The van der Waals surface area contributed by atoms with Crippen LogP contribution in [0.2, 0.25) is 0 Å². The van der Waals surface area contributed by atoms with Crippen LogP contribution in [0.5, 0.6) is 5.75 Å². The maximum Gasteiger partial charge on any atom is 0.254 e. The SMILES string of the molecule is COCCCOc1cc(C(=O)N(C(C)C)C2CCCNC2)ccc1-c1ccccc1C#N. The van der Waals surface area contributed by atoms with Gasteiger partial charge in [-0.05, 0) is 57.5 Å². The summed E-state index contributed by atoms with van der Waals surface area (Å²) in [6.45, 7) is 7.01. The highest BCUT2D eigenvalue weighted by Gasteiger charge is 2.29. The normalized spacial score (nSPS) is 15.9. The molecular formula is C26H33N3O3. The lowest BCUT2D eigenvalue weighted by atomic mass is 9.97. The van der Waals surface area contributed by atoms with E-state index in [1.54, 1.807) is 13.2 Å². The van der Waals surface area contributed by atoms with E-state index in [0.29, 0.717) is 30.1 Å². The average Bonchev–Trinajstić information content (AvgIpc) is 2.82. The molecule has 6 heteroatoms. The van der Waals surface area contributed by atoms with Gasteiger partial charge < -0.3 is 19.7 Å². The number of piperidine rings is 1. The molecule has 1 unspecified atom stereocenters. The summed E-state index contributed by atoms with van der Waals surface area (Å²) >= 11 is 0. The predicted molar refractivity (Wildman–Crippen MR) is 126 cm³/mol. The number of nitriles is 1. The van der Waals surface area contributed by atoms with Crippen LogP contribution in [0.3, 0.4) is 0 Å². The number of nitrogens with one attached hydrogen (secondary N) is 1. The second-order valence-corrected chi connectivity index (χ2v) is 8.37. The van der Waals surface area contributed by atoms with Crippen molar-refractivity contribution in [3.05, 3.63) is 53.6 Å². The Balaban J connectivity index is 1.96.